The normalized spacial score (nSPS) is 14.2. The Morgan fingerprint density at radius 1 is 1.00 bits per heavy atom. The van der Waals surface area contributed by atoms with Crippen molar-refractivity contribution in [1.29, 1.82) is 0 Å². The molecule has 138 valence electrons. The molecule has 1 fully saturated rings. The molecular weight excluding hydrogens is 360 g/mol. The number of aromatic nitrogens is 2. The first-order chi connectivity index (χ1) is 13.2. The van der Waals surface area contributed by atoms with Crippen LogP contribution in [0.1, 0.15) is 5.56 Å². The van der Waals surface area contributed by atoms with Crippen LogP contribution < -0.4 is 10.2 Å². The smallest absolute Gasteiger partial charge is 0.228 e. The number of aryl methyl sites for hydroxylation is 1. The molecule has 0 aliphatic carbocycles. The lowest BCUT2D eigenvalue weighted by atomic mass is 10.1. The van der Waals surface area contributed by atoms with E-state index in [9.17, 15) is 0 Å². The van der Waals surface area contributed by atoms with Gasteiger partial charge >= 0.3 is 0 Å². The average molecular weight is 381 g/mol. The largest absolute Gasteiger partial charge is 0.378 e. The highest BCUT2D eigenvalue weighted by Gasteiger charge is 2.16. The molecule has 2 heterocycles. The molecule has 0 atom stereocenters. The number of rotatable bonds is 4. The van der Waals surface area contributed by atoms with Gasteiger partial charge in [-0.3, -0.25) is 0 Å². The van der Waals surface area contributed by atoms with Crippen molar-refractivity contribution >= 4 is 29.1 Å². The van der Waals surface area contributed by atoms with Crippen molar-refractivity contribution in [3.63, 3.8) is 0 Å². The summed E-state index contributed by atoms with van der Waals surface area (Å²) in [7, 11) is 0. The van der Waals surface area contributed by atoms with Crippen LogP contribution in [0.3, 0.4) is 0 Å². The van der Waals surface area contributed by atoms with Crippen molar-refractivity contribution in [2.24, 2.45) is 0 Å². The molecule has 0 spiro atoms. The van der Waals surface area contributed by atoms with Crippen LogP contribution in [0.25, 0.3) is 11.3 Å². The minimum absolute atomic E-state index is 0.689. The van der Waals surface area contributed by atoms with E-state index in [4.69, 9.17) is 26.3 Å². The Labute approximate surface area is 164 Å². The van der Waals surface area contributed by atoms with Crippen molar-refractivity contribution < 1.29 is 4.74 Å². The summed E-state index contributed by atoms with van der Waals surface area (Å²) in [5.74, 6) is 1.46. The molecule has 4 rings (SSSR count). The predicted octanol–water partition coefficient (Wildman–Crippen LogP) is 4.69. The summed E-state index contributed by atoms with van der Waals surface area (Å²) in [6.45, 7) is 4.99. The van der Waals surface area contributed by atoms with Crippen molar-refractivity contribution in [2.75, 3.05) is 36.5 Å². The first-order valence-corrected chi connectivity index (χ1v) is 9.37. The lowest BCUT2D eigenvalue weighted by Gasteiger charge is -2.27. The van der Waals surface area contributed by atoms with Crippen LogP contribution in [0.5, 0.6) is 0 Å². The van der Waals surface area contributed by atoms with Crippen molar-refractivity contribution in [3.05, 3.63) is 65.2 Å². The number of halogens is 1. The molecule has 1 saturated heterocycles. The first-order valence-electron chi connectivity index (χ1n) is 8.99. The number of benzene rings is 2. The minimum atomic E-state index is 0.689. The second-order valence-corrected chi connectivity index (χ2v) is 6.92. The summed E-state index contributed by atoms with van der Waals surface area (Å²) in [5.41, 5.74) is 3.98. The minimum Gasteiger partial charge on any atom is -0.378 e. The van der Waals surface area contributed by atoms with E-state index < -0.39 is 0 Å². The molecule has 0 saturated carbocycles. The molecule has 0 amide bonds. The van der Waals surface area contributed by atoms with Crippen molar-refractivity contribution in [2.45, 2.75) is 6.92 Å². The maximum Gasteiger partial charge on any atom is 0.228 e. The fourth-order valence-electron chi connectivity index (χ4n) is 3.03. The molecule has 2 aromatic carbocycles. The summed E-state index contributed by atoms with van der Waals surface area (Å²) in [4.78, 5) is 11.7. The van der Waals surface area contributed by atoms with Gasteiger partial charge in [-0.15, -0.1) is 0 Å². The number of nitrogens with zero attached hydrogens (tertiary/aromatic N) is 3. The van der Waals surface area contributed by atoms with Gasteiger partial charge in [-0.2, -0.15) is 4.98 Å². The number of nitrogens with one attached hydrogen (secondary N) is 1. The van der Waals surface area contributed by atoms with Crippen LogP contribution >= 0.6 is 11.6 Å². The Morgan fingerprint density at radius 2 is 1.78 bits per heavy atom. The number of hydrogen-bond acceptors (Lipinski definition) is 5. The molecule has 1 N–H and O–H groups in total. The number of hydrogen-bond donors (Lipinski definition) is 1. The zero-order valence-corrected chi connectivity index (χ0v) is 15.9. The molecule has 27 heavy (non-hydrogen) atoms. The number of anilines is 3. The van der Waals surface area contributed by atoms with Crippen molar-refractivity contribution in [1.82, 2.24) is 9.97 Å². The molecule has 1 aliphatic rings. The zero-order valence-electron chi connectivity index (χ0n) is 15.2. The maximum absolute atomic E-state index is 6.17. The zero-order chi connectivity index (χ0) is 18.6. The van der Waals surface area contributed by atoms with E-state index in [-0.39, 0.29) is 0 Å². The van der Waals surface area contributed by atoms with Gasteiger partial charge in [0.2, 0.25) is 5.95 Å². The number of morpholine rings is 1. The van der Waals surface area contributed by atoms with E-state index in [1.54, 1.807) is 0 Å². The Morgan fingerprint density at radius 3 is 2.56 bits per heavy atom. The topological polar surface area (TPSA) is 50.3 Å². The molecule has 5 nitrogen and oxygen atoms in total. The lowest BCUT2D eigenvalue weighted by molar-refractivity contribution is 0.122. The van der Waals surface area contributed by atoms with Gasteiger partial charge in [0.1, 0.15) is 5.82 Å². The summed E-state index contributed by atoms with van der Waals surface area (Å²) in [6.07, 6.45) is 0. The summed E-state index contributed by atoms with van der Waals surface area (Å²) in [5, 5.41) is 4.10. The third-order valence-electron chi connectivity index (χ3n) is 4.54. The first kappa shape index (κ1) is 17.8. The third-order valence-corrected chi connectivity index (χ3v) is 4.78. The second kappa shape index (κ2) is 7.94. The molecule has 3 aromatic rings. The van der Waals surface area contributed by atoms with Crippen LogP contribution in [-0.4, -0.2) is 36.3 Å². The highest BCUT2D eigenvalue weighted by molar-refractivity contribution is 6.30. The predicted molar refractivity (Wildman–Crippen MR) is 110 cm³/mol. The van der Waals surface area contributed by atoms with Gasteiger partial charge in [0.25, 0.3) is 0 Å². The van der Waals surface area contributed by atoms with Gasteiger partial charge in [0.05, 0.1) is 18.9 Å². The van der Waals surface area contributed by atoms with Gasteiger partial charge < -0.3 is 15.0 Å². The van der Waals surface area contributed by atoms with Crippen molar-refractivity contribution in [3.8, 4) is 11.3 Å². The van der Waals surface area contributed by atoms with E-state index in [0.29, 0.717) is 24.2 Å². The Bertz CT molecular complexity index is 927. The maximum atomic E-state index is 6.17. The monoisotopic (exact) mass is 380 g/mol. The Kier molecular flexibility index (Phi) is 5.23. The van der Waals surface area contributed by atoms with E-state index in [1.807, 2.05) is 49.4 Å². The van der Waals surface area contributed by atoms with Gasteiger partial charge in [-0.1, -0.05) is 48.0 Å². The number of ether oxygens (including phenoxy) is 1. The standard InChI is InChI=1S/C21H21ClN4O/c1-15-7-8-17(22)13-18(15)23-20-14-19(16-5-3-2-4-6-16)24-21(25-20)26-9-11-27-12-10-26/h2-8,13-14H,9-12H2,1H3,(H,23,24,25). The molecule has 0 unspecified atom stereocenters. The summed E-state index contributed by atoms with van der Waals surface area (Å²) in [6, 6.07) is 17.9. The summed E-state index contributed by atoms with van der Waals surface area (Å²) >= 11 is 6.17. The van der Waals surface area contributed by atoms with Crippen LogP contribution in [0.15, 0.2) is 54.6 Å². The molecule has 6 heteroatoms. The summed E-state index contributed by atoms with van der Waals surface area (Å²) < 4.78 is 5.46. The Balaban J connectivity index is 1.74. The van der Waals surface area contributed by atoms with Gasteiger partial charge in [0.15, 0.2) is 0 Å². The van der Waals surface area contributed by atoms with E-state index >= 15 is 0 Å². The molecule has 0 radical (unpaired) electrons. The highest BCUT2D eigenvalue weighted by atomic mass is 35.5. The lowest BCUT2D eigenvalue weighted by Crippen LogP contribution is -2.37. The van der Waals surface area contributed by atoms with Crippen LogP contribution in [0.2, 0.25) is 5.02 Å². The van der Waals surface area contributed by atoms with Gasteiger partial charge in [0, 0.05) is 35.4 Å². The average Bonchev–Trinajstić information content (AvgIpc) is 2.72. The third kappa shape index (κ3) is 4.21. The quantitative estimate of drug-likeness (QED) is 0.711. The van der Waals surface area contributed by atoms with Crippen LogP contribution in [-0.2, 0) is 4.74 Å². The molecular formula is C21H21ClN4O. The van der Waals surface area contributed by atoms with E-state index in [2.05, 4.69) is 22.3 Å². The highest BCUT2D eigenvalue weighted by Crippen LogP contribution is 2.28. The van der Waals surface area contributed by atoms with Crippen LogP contribution in [0.4, 0.5) is 17.5 Å². The molecule has 0 bridgehead atoms. The fourth-order valence-corrected chi connectivity index (χ4v) is 3.20. The van der Waals surface area contributed by atoms with Gasteiger partial charge in [-0.25, -0.2) is 4.98 Å². The molecule has 1 aliphatic heterocycles. The Hall–Kier alpha value is -2.63. The van der Waals surface area contributed by atoms with E-state index in [0.717, 1.165) is 41.4 Å². The fraction of sp³-hybridized carbons (Fsp3) is 0.238. The van der Waals surface area contributed by atoms with E-state index in [1.165, 1.54) is 0 Å². The van der Waals surface area contributed by atoms with Crippen LogP contribution in [0, 0.1) is 6.92 Å². The SMILES string of the molecule is Cc1ccc(Cl)cc1Nc1cc(-c2ccccc2)nc(N2CCOCC2)n1. The molecule has 1 aromatic heterocycles. The second-order valence-electron chi connectivity index (χ2n) is 6.49. The van der Waals surface area contributed by atoms with Gasteiger partial charge in [-0.05, 0) is 24.6 Å².